The molecule has 146 valence electrons. The Morgan fingerprint density at radius 3 is 2.30 bits per heavy atom. The van der Waals surface area contributed by atoms with Crippen LogP contribution in [-0.4, -0.2) is 46.9 Å². The maximum atomic E-state index is 13.6. The summed E-state index contributed by atoms with van der Waals surface area (Å²) in [5, 5.41) is 3.54. The van der Waals surface area contributed by atoms with Crippen LogP contribution in [0.25, 0.3) is 5.69 Å². The molecule has 0 N–H and O–H groups in total. The van der Waals surface area contributed by atoms with Gasteiger partial charge in [0.2, 0.25) is 0 Å². The van der Waals surface area contributed by atoms with Crippen molar-refractivity contribution in [3.8, 4) is 5.69 Å². The van der Waals surface area contributed by atoms with Crippen LogP contribution in [-0.2, 0) is 17.1 Å². The maximum Gasteiger partial charge on any atom is 0.434 e. The molecule has 0 unspecified atom stereocenters. The topological polar surface area (TPSA) is 47.4 Å². The molecule has 11 heteroatoms. The number of ether oxygens (including phenoxy) is 1. The highest BCUT2D eigenvalue weighted by atomic mass is 19.4. The highest BCUT2D eigenvalue weighted by molar-refractivity contribution is 5.95. The molecule has 5 nitrogen and oxygen atoms in total. The summed E-state index contributed by atoms with van der Waals surface area (Å²) in [6.45, 7) is 0.611. The molecule has 2 heterocycles. The van der Waals surface area contributed by atoms with Crippen molar-refractivity contribution < 1.29 is 35.9 Å². The normalized spacial score (nSPS) is 15.9. The van der Waals surface area contributed by atoms with E-state index in [0.717, 1.165) is 24.4 Å². The van der Waals surface area contributed by atoms with Gasteiger partial charge in [0.05, 0.1) is 36.2 Å². The number of carbonyl (C=O) groups excluding carboxylic acids is 1. The molecule has 0 bridgehead atoms. The lowest BCUT2D eigenvalue weighted by molar-refractivity contribution is -0.143. The van der Waals surface area contributed by atoms with Crippen molar-refractivity contribution in [2.75, 3.05) is 26.3 Å². The Morgan fingerprint density at radius 1 is 1.04 bits per heavy atom. The van der Waals surface area contributed by atoms with Gasteiger partial charge in [-0.3, -0.25) is 4.79 Å². The first kappa shape index (κ1) is 19.2. The van der Waals surface area contributed by atoms with Crippen molar-refractivity contribution in [3.63, 3.8) is 0 Å². The average Bonchev–Trinajstić information content (AvgIpc) is 3.07. The molecule has 27 heavy (non-hydrogen) atoms. The molecule has 1 amide bonds. The number of alkyl halides is 6. The van der Waals surface area contributed by atoms with E-state index in [9.17, 15) is 31.1 Å². The maximum absolute atomic E-state index is 13.6. The van der Waals surface area contributed by atoms with Crippen LogP contribution in [0.4, 0.5) is 26.3 Å². The first-order valence-electron chi connectivity index (χ1n) is 7.79. The van der Waals surface area contributed by atoms with E-state index in [2.05, 4.69) is 5.10 Å². The summed E-state index contributed by atoms with van der Waals surface area (Å²) in [5.41, 5.74) is -3.71. The fourth-order valence-electron chi connectivity index (χ4n) is 2.72. The van der Waals surface area contributed by atoms with Gasteiger partial charge in [-0.25, -0.2) is 4.68 Å². The third-order valence-corrected chi connectivity index (χ3v) is 3.98. The molecular formula is C16H13F6N3O2. The second kappa shape index (κ2) is 6.87. The monoisotopic (exact) mass is 393 g/mol. The molecule has 0 atom stereocenters. The molecule has 1 aromatic carbocycles. The van der Waals surface area contributed by atoms with Gasteiger partial charge in [-0.1, -0.05) is 6.07 Å². The molecule has 1 aliphatic heterocycles. The molecule has 0 saturated carbocycles. The number of aromatic nitrogens is 2. The van der Waals surface area contributed by atoms with E-state index in [1.54, 1.807) is 0 Å². The Bertz CT molecular complexity index is 837. The van der Waals surface area contributed by atoms with Crippen LogP contribution < -0.4 is 0 Å². The summed E-state index contributed by atoms with van der Waals surface area (Å²) in [6.07, 6.45) is -9.00. The van der Waals surface area contributed by atoms with Crippen molar-refractivity contribution in [1.29, 1.82) is 0 Å². The fourth-order valence-corrected chi connectivity index (χ4v) is 2.72. The van der Waals surface area contributed by atoms with E-state index in [1.165, 1.54) is 4.90 Å². The minimum atomic E-state index is -5.00. The Hall–Kier alpha value is -2.56. The van der Waals surface area contributed by atoms with Crippen LogP contribution in [0, 0.1) is 0 Å². The Kier molecular flexibility index (Phi) is 4.89. The molecular weight excluding hydrogens is 380 g/mol. The van der Waals surface area contributed by atoms with Gasteiger partial charge in [0.15, 0.2) is 5.69 Å². The highest BCUT2D eigenvalue weighted by Gasteiger charge is 2.42. The molecule has 1 aromatic heterocycles. The van der Waals surface area contributed by atoms with Gasteiger partial charge in [0.1, 0.15) is 0 Å². The van der Waals surface area contributed by atoms with Crippen LogP contribution in [0.3, 0.4) is 0 Å². The van der Waals surface area contributed by atoms with Gasteiger partial charge in [-0.15, -0.1) is 0 Å². The van der Waals surface area contributed by atoms with Crippen LogP contribution in [0.1, 0.15) is 21.6 Å². The summed E-state index contributed by atoms with van der Waals surface area (Å²) < 4.78 is 84.8. The van der Waals surface area contributed by atoms with E-state index in [4.69, 9.17) is 4.74 Å². The quantitative estimate of drug-likeness (QED) is 0.735. The third-order valence-electron chi connectivity index (χ3n) is 3.98. The Balaban J connectivity index is 2.07. The summed E-state index contributed by atoms with van der Waals surface area (Å²) in [4.78, 5) is 13.7. The van der Waals surface area contributed by atoms with Crippen molar-refractivity contribution >= 4 is 5.91 Å². The number of carbonyl (C=O) groups is 1. The second-order valence-corrected chi connectivity index (χ2v) is 5.77. The first-order chi connectivity index (χ1) is 12.6. The molecule has 0 radical (unpaired) electrons. The average molecular weight is 393 g/mol. The van der Waals surface area contributed by atoms with Gasteiger partial charge in [-0.05, 0) is 18.2 Å². The second-order valence-electron chi connectivity index (χ2n) is 5.77. The smallest absolute Gasteiger partial charge is 0.378 e. The summed E-state index contributed by atoms with van der Waals surface area (Å²) in [5.74, 6) is -0.899. The molecule has 0 spiro atoms. The number of amides is 1. The number of nitrogens with zero attached hydrogens (tertiary/aromatic N) is 3. The number of halogens is 6. The lowest BCUT2D eigenvalue weighted by Gasteiger charge is -2.27. The summed E-state index contributed by atoms with van der Waals surface area (Å²) in [7, 11) is 0. The molecule has 1 aliphatic rings. The molecule has 2 aromatic rings. The minimum Gasteiger partial charge on any atom is -0.378 e. The number of benzene rings is 1. The zero-order chi connectivity index (χ0) is 19.8. The zero-order valence-corrected chi connectivity index (χ0v) is 13.6. The number of hydrogen-bond donors (Lipinski definition) is 0. The van der Waals surface area contributed by atoms with Gasteiger partial charge < -0.3 is 9.64 Å². The highest BCUT2D eigenvalue weighted by Crippen LogP contribution is 2.36. The van der Waals surface area contributed by atoms with Crippen molar-refractivity contribution in [2.45, 2.75) is 12.4 Å². The third kappa shape index (κ3) is 3.92. The van der Waals surface area contributed by atoms with Crippen molar-refractivity contribution in [2.24, 2.45) is 0 Å². The Labute approximate surface area is 149 Å². The van der Waals surface area contributed by atoms with Crippen LogP contribution in [0.15, 0.2) is 30.5 Å². The molecule has 3 rings (SSSR count). The van der Waals surface area contributed by atoms with Crippen LogP contribution in [0.2, 0.25) is 0 Å². The predicted molar refractivity (Wildman–Crippen MR) is 80.3 cm³/mol. The number of hydrogen-bond acceptors (Lipinski definition) is 3. The standard InChI is InChI=1S/C16H13F6N3O2/c17-15(18,19)10-2-1-3-11(8-10)25-13(16(20,21)22)12(9-23-25)14(26)24-4-6-27-7-5-24/h1-3,8-9H,4-7H2. The van der Waals surface area contributed by atoms with Crippen LogP contribution in [0.5, 0.6) is 0 Å². The molecule has 1 saturated heterocycles. The lowest BCUT2D eigenvalue weighted by atomic mass is 10.1. The van der Waals surface area contributed by atoms with Crippen molar-refractivity contribution in [1.82, 2.24) is 14.7 Å². The van der Waals surface area contributed by atoms with E-state index >= 15 is 0 Å². The molecule has 1 fully saturated rings. The minimum absolute atomic E-state index is 0.116. The van der Waals surface area contributed by atoms with E-state index in [1.807, 2.05) is 0 Å². The number of morpholine rings is 1. The van der Waals surface area contributed by atoms with E-state index in [0.29, 0.717) is 10.7 Å². The number of rotatable bonds is 2. The largest absolute Gasteiger partial charge is 0.434 e. The van der Waals surface area contributed by atoms with Gasteiger partial charge >= 0.3 is 12.4 Å². The van der Waals surface area contributed by atoms with Gasteiger partial charge in [0, 0.05) is 13.1 Å². The van der Waals surface area contributed by atoms with E-state index in [-0.39, 0.29) is 26.3 Å². The Morgan fingerprint density at radius 2 is 1.70 bits per heavy atom. The van der Waals surface area contributed by atoms with Gasteiger partial charge in [-0.2, -0.15) is 31.4 Å². The molecule has 0 aliphatic carbocycles. The first-order valence-corrected chi connectivity index (χ1v) is 7.79. The SMILES string of the molecule is O=C(c1cnn(-c2cccc(C(F)(F)F)c2)c1C(F)(F)F)N1CCOCC1. The van der Waals surface area contributed by atoms with E-state index < -0.39 is 40.8 Å². The zero-order valence-electron chi connectivity index (χ0n) is 13.6. The van der Waals surface area contributed by atoms with Gasteiger partial charge in [0.25, 0.3) is 5.91 Å². The van der Waals surface area contributed by atoms with Crippen LogP contribution >= 0.6 is 0 Å². The fraction of sp³-hybridized carbons (Fsp3) is 0.375. The van der Waals surface area contributed by atoms with Crippen molar-refractivity contribution in [3.05, 3.63) is 47.3 Å². The lowest BCUT2D eigenvalue weighted by Crippen LogP contribution is -2.41. The summed E-state index contributed by atoms with van der Waals surface area (Å²) >= 11 is 0. The summed E-state index contributed by atoms with van der Waals surface area (Å²) in [6, 6.07) is 3.31. The predicted octanol–water partition coefficient (Wildman–Crippen LogP) is 3.38.